The highest BCUT2D eigenvalue weighted by Gasteiger charge is 2.28. The Balaban J connectivity index is 1.60. The maximum absolute atomic E-state index is 12.1. The number of aromatic nitrogens is 1. The van der Waals surface area contributed by atoms with E-state index in [2.05, 4.69) is 10.3 Å². The van der Waals surface area contributed by atoms with Gasteiger partial charge in [-0.05, 0) is 30.7 Å². The molecule has 3 rings (SSSR count). The van der Waals surface area contributed by atoms with E-state index in [1.807, 2.05) is 17.0 Å². The molecule has 1 amide bonds. The zero-order valence-corrected chi connectivity index (χ0v) is 10.5. The third-order valence-electron chi connectivity index (χ3n) is 3.24. The van der Waals surface area contributed by atoms with Crippen molar-refractivity contribution < 1.29 is 9.21 Å². The molecule has 0 saturated carbocycles. The molecule has 2 aromatic rings. The molecule has 1 unspecified atom stereocenters. The highest BCUT2D eigenvalue weighted by atomic mass is 16.3. The number of hydrogen-bond donors (Lipinski definition) is 1. The molecular formula is C14H15N3O2. The summed E-state index contributed by atoms with van der Waals surface area (Å²) in [6.45, 7) is 1.44. The minimum absolute atomic E-state index is 0.0412. The molecule has 0 aromatic carbocycles. The van der Waals surface area contributed by atoms with E-state index in [0.29, 0.717) is 12.3 Å². The topological polar surface area (TPSA) is 58.4 Å². The minimum Gasteiger partial charge on any atom is -0.459 e. The number of rotatable bonds is 3. The zero-order valence-electron chi connectivity index (χ0n) is 10.5. The smallest absolute Gasteiger partial charge is 0.289 e. The first-order chi connectivity index (χ1) is 9.33. The summed E-state index contributed by atoms with van der Waals surface area (Å²) in [6, 6.07) is 7.56. The van der Waals surface area contributed by atoms with E-state index in [0.717, 1.165) is 18.7 Å². The van der Waals surface area contributed by atoms with E-state index >= 15 is 0 Å². The van der Waals surface area contributed by atoms with Gasteiger partial charge in [-0.2, -0.15) is 0 Å². The molecule has 1 fully saturated rings. The minimum atomic E-state index is -0.0412. The summed E-state index contributed by atoms with van der Waals surface area (Å²) < 4.78 is 5.14. The van der Waals surface area contributed by atoms with Gasteiger partial charge in [0.15, 0.2) is 5.76 Å². The Morgan fingerprint density at radius 3 is 3.11 bits per heavy atom. The molecule has 1 aliphatic heterocycles. The van der Waals surface area contributed by atoms with Gasteiger partial charge in [-0.15, -0.1) is 0 Å². The molecule has 5 heteroatoms. The molecule has 19 heavy (non-hydrogen) atoms. The molecule has 0 bridgehead atoms. The monoisotopic (exact) mass is 257 g/mol. The number of carbonyl (C=O) groups excluding carboxylic acids is 1. The summed E-state index contributed by atoms with van der Waals surface area (Å²) in [5.74, 6) is 0.363. The van der Waals surface area contributed by atoms with Crippen molar-refractivity contribution in [1.82, 2.24) is 9.88 Å². The van der Waals surface area contributed by atoms with Crippen LogP contribution in [0.4, 0.5) is 5.69 Å². The standard InChI is InChI=1S/C14H15N3O2/c18-14(13-4-2-8-19-13)17-7-5-12(10-17)16-11-3-1-6-15-9-11/h1-4,6,8-9,12,16H,5,7,10H2. The van der Waals surface area contributed by atoms with Gasteiger partial charge in [-0.3, -0.25) is 9.78 Å². The van der Waals surface area contributed by atoms with Crippen molar-refractivity contribution >= 4 is 11.6 Å². The summed E-state index contributed by atoms with van der Waals surface area (Å²) >= 11 is 0. The van der Waals surface area contributed by atoms with Crippen LogP contribution < -0.4 is 5.32 Å². The lowest BCUT2D eigenvalue weighted by Crippen LogP contribution is -2.31. The number of furan rings is 1. The fourth-order valence-electron chi connectivity index (χ4n) is 2.30. The Morgan fingerprint density at radius 1 is 1.42 bits per heavy atom. The summed E-state index contributed by atoms with van der Waals surface area (Å²) in [5.41, 5.74) is 0.986. The van der Waals surface area contributed by atoms with Gasteiger partial charge in [-0.1, -0.05) is 0 Å². The quantitative estimate of drug-likeness (QED) is 0.913. The summed E-state index contributed by atoms with van der Waals surface area (Å²) in [4.78, 5) is 18.0. The van der Waals surface area contributed by atoms with E-state index < -0.39 is 0 Å². The van der Waals surface area contributed by atoms with Gasteiger partial charge >= 0.3 is 0 Å². The molecule has 1 saturated heterocycles. The SMILES string of the molecule is O=C(c1ccco1)N1CCC(Nc2cccnc2)C1. The number of carbonyl (C=O) groups is 1. The van der Waals surface area contributed by atoms with Crippen molar-refractivity contribution in [2.24, 2.45) is 0 Å². The Kier molecular flexibility index (Phi) is 3.18. The number of nitrogens with zero attached hydrogens (tertiary/aromatic N) is 2. The van der Waals surface area contributed by atoms with Crippen LogP contribution in [0, 0.1) is 0 Å². The van der Waals surface area contributed by atoms with E-state index in [1.165, 1.54) is 6.26 Å². The predicted octanol–water partition coefficient (Wildman–Crippen LogP) is 2.00. The van der Waals surface area contributed by atoms with Gasteiger partial charge in [0.1, 0.15) is 0 Å². The third kappa shape index (κ3) is 2.59. The van der Waals surface area contributed by atoms with Crippen LogP contribution in [0.25, 0.3) is 0 Å². The largest absolute Gasteiger partial charge is 0.459 e. The van der Waals surface area contributed by atoms with Gasteiger partial charge < -0.3 is 14.6 Å². The van der Waals surface area contributed by atoms with Gasteiger partial charge in [0, 0.05) is 31.5 Å². The van der Waals surface area contributed by atoms with Crippen LogP contribution in [-0.2, 0) is 0 Å². The highest BCUT2D eigenvalue weighted by molar-refractivity contribution is 5.91. The molecule has 1 aliphatic rings. The highest BCUT2D eigenvalue weighted by Crippen LogP contribution is 2.17. The van der Waals surface area contributed by atoms with Gasteiger partial charge in [0.05, 0.1) is 12.0 Å². The Morgan fingerprint density at radius 2 is 2.37 bits per heavy atom. The summed E-state index contributed by atoms with van der Waals surface area (Å²) in [7, 11) is 0. The lowest BCUT2D eigenvalue weighted by molar-refractivity contribution is 0.0760. The van der Waals surface area contributed by atoms with Crippen LogP contribution in [0.5, 0.6) is 0 Å². The van der Waals surface area contributed by atoms with Crippen LogP contribution in [0.1, 0.15) is 17.0 Å². The molecular weight excluding hydrogens is 242 g/mol. The Bertz CT molecular complexity index is 539. The maximum Gasteiger partial charge on any atom is 0.289 e. The van der Waals surface area contributed by atoms with Crippen molar-refractivity contribution in [3.8, 4) is 0 Å². The van der Waals surface area contributed by atoms with Crippen molar-refractivity contribution in [3.05, 3.63) is 48.7 Å². The van der Waals surface area contributed by atoms with Crippen molar-refractivity contribution in [2.45, 2.75) is 12.5 Å². The van der Waals surface area contributed by atoms with Crippen LogP contribution >= 0.6 is 0 Å². The second-order valence-corrected chi connectivity index (χ2v) is 4.60. The molecule has 0 spiro atoms. The molecule has 0 radical (unpaired) electrons. The number of hydrogen-bond acceptors (Lipinski definition) is 4. The Hall–Kier alpha value is -2.30. The normalized spacial score (nSPS) is 18.5. The fraction of sp³-hybridized carbons (Fsp3) is 0.286. The number of nitrogens with one attached hydrogen (secondary N) is 1. The van der Waals surface area contributed by atoms with Gasteiger partial charge in [0.2, 0.25) is 0 Å². The summed E-state index contributed by atoms with van der Waals surface area (Å²) in [5, 5.41) is 3.38. The van der Waals surface area contributed by atoms with Crippen LogP contribution in [-0.4, -0.2) is 34.9 Å². The molecule has 98 valence electrons. The van der Waals surface area contributed by atoms with E-state index in [1.54, 1.807) is 24.5 Å². The Labute approximate surface area is 111 Å². The first kappa shape index (κ1) is 11.8. The third-order valence-corrected chi connectivity index (χ3v) is 3.24. The van der Waals surface area contributed by atoms with Crippen molar-refractivity contribution in [2.75, 3.05) is 18.4 Å². The first-order valence-electron chi connectivity index (χ1n) is 6.32. The molecule has 3 heterocycles. The predicted molar refractivity (Wildman–Crippen MR) is 70.9 cm³/mol. The lowest BCUT2D eigenvalue weighted by Gasteiger charge is -2.16. The van der Waals surface area contributed by atoms with Crippen LogP contribution in [0.15, 0.2) is 47.3 Å². The number of pyridine rings is 1. The van der Waals surface area contributed by atoms with Crippen molar-refractivity contribution in [1.29, 1.82) is 0 Å². The van der Waals surface area contributed by atoms with E-state index in [9.17, 15) is 4.79 Å². The zero-order chi connectivity index (χ0) is 13.1. The van der Waals surface area contributed by atoms with Crippen LogP contribution in [0.2, 0.25) is 0 Å². The second kappa shape index (κ2) is 5.14. The number of likely N-dealkylation sites (tertiary alicyclic amines) is 1. The lowest BCUT2D eigenvalue weighted by atomic mass is 10.2. The van der Waals surface area contributed by atoms with E-state index in [-0.39, 0.29) is 11.9 Å². The molecule has 0 aliphatic carbocycles. The summed E-state index contributed by atoms with van der Waals surface area (Å²) in [6.07, 6.45) is 5.99. The maximum atomic E-state index is 12.1. The second-order valence-electron chi connectivity index (χ2n) is 4.60. The first-order valence-corrected chi connectivity index (χ1v) is 6.32. The fourth-order valence-corrected chi connectivity index (χ4v) is 2.30. The average molecular weight is 257 g/mol. The molecule has 1 N–H and O–H groups in total. The van der Waals surface area contributed by atoms with Gasteiger partial charge in [0.25, 0.3) is 5.91 Å². The molecule has 5 nitrogen and oxygen atoms in total. The van der Waals surface area contributed by atoms with Crippen molar-refractivity contribution in [3.63, 3.8) is 0 Å². The van der Waals surface area contributed by atoms with Gasteiger partial charge in [-0.25, -0.2) is 0 Å². The number of amides is 1. The number of anilines is 1. The molecule has 2 aromatic heterocycles. The molecule has 1 atom stereocenters. The van der Waals surface area contributed by atoms with Crippen LogP contribution in [0.3, 0.4) is 0 Å². The average Bonchev–Trinajstić information content (AvgIpc) is 3.10. The van der Waals surface area contributed by atoms with E-state index in [4.69, 9.17) is 4.42 Å².